The van der Waals surface area contributed by atoms with E-state index in [-0.39, 0.29) is 5.91 Å². The molecule has 1 amide bonds. The Labute approximate surface area is 113 Å². The molecule has 3 heteroatoms. The molecule has 19 heavy (non-hydrogen) atoms. The highest BCUT2D eigenvalue weighted by Gasteiger charge is 2.13. The van der Waals surface area contributed by atoms with Crippen LogP contribution in [0.2, 0.25) is 0 Å². The summed E-state index contributed by atoms with van der Waals surface area (Å²) in [5.74, 6) is 0.755. The molecule has 98 valence electrons. The zero-order valence-electron chi connectivity index (χ0n) is 11.4. The number of hydrogen-bond acceptors (Lipinski definition) is 2. The Hall–Kier alpha value is -2.29. The van der Waals surface area contributed by atoms with Gasteiger partial charge in [-0.05, 0) is 43.3 Å². The van der Waals surface area contributed by atoms with Gasteiger partial charge in [-0.2, -0.15) is 0 Å². The van der Waals surface area contributed by atoms with Crippen molar-refractivity contribution in [2.75, 3.05) is 19.1 Å². The minimum Gasteiger partial charge on any atom is -0.497 e. The number of benzene rings is 2. The molecule has 0 N–H and O–H groups in total. The maximum atomic E-state index is 12.3. The molecule has 2 aromatic carbocycles. The Kier molecular flexibility index (Phi) is 3.85. The third kappa shape index (κ3) is 2.94. The molecule has 0 heterocycles. The quantitative estimate of drug-likeness (QED) is 0.842. The fourth-order valence-electron chi connectivity index (χ4n) is 1.81. The SMILES string of the molecule is COc1ccc(N(C)C(=O)c2ccc(C)cc2)cc1. The monoisotopic (exact) mass is 255 g/mol. The summed E-state index contributed by atoms with van der Waals surface area (Å²) in [6.45, 7) is 2.00. The van der Waals surface area contributed by atoms with Crippen LogP contribution >= 0.6 is 0 Å². The molecular weight excluding hydrogens is 238 g/mol. The number of nitrogens with zero attached hydrogens (tertiary/aromatic N) is 1. The standard InChI is InChI=1S/C16H17NO2/c1-12-4-6-13(7-5-12)16(18)17(2)14-8-10-15(19-3)11-9-14/h4-11H,1-3H3. The maximum absolute atomic E-state index is 12.3. The lowest BCUT2D eigenvalue weighted by atomic mass is 10.1. The number of amides is 1. The van der Waals surface area contributed by atoms with Crippen LogP contribution in [0.25, 0.3) is 0 Å². The predicted molar refractivity (Wildman–Crippen MR) is 76.9 cm³/mol. The van der Waals surface area contributed by atoms with E-state index in [1.165, 1.54) is 0 Å². The summed E-state index contributed by atoms with van der Waals surface area (Å²) in [6.07, 6.45) is 0. The van der Waals surface area contributed by atoms with Crippen LogP contribution < -0.4 is 9.64 Å². The number of anilines is 1. The van der Waals surface area contributed by atoms with Gasteiger partial charge in [-0.15, -0.1) is 0 Å². The fourth-order valence-corrected chi connectivity index (χ4v) is 1.81. The number of rotatable bonds is 3. The molecule has 0 aliphatic rings. The van der Waals surface area contributed by atoms with Gasteiger partial charge < -0.3 is 9.64 Å². The number of carbonyl (C=O) groups excluding carboxylic acids is 1. The summed E-state index contributed by atoms with van der Waals surface area (Å²) in [7, 11) is 3.39. The van der Waals surface area contributed by atoms with Crippen molar-refractivity contribution in [1.82, 2.24) is 0 Å². The Morgan fingerprint density at radius 1 is 1.00 bits per heavy atom. The molecule has 0 atom stereocenters. The second kappa shape index (κ2) is 5.57. The first-order valence-corrected chi connectivity index (χ1v) is 6.10. The van der Waals surface area contributed by atoms with Crippen molar-refractivity contribution in [2.24, 2.45) is 0 Å². The molecule has 0 saturated heterocycles. The van der Waals surface area contributed by atoms with E-state index >= 15 is 0 Å². The van der Waals surface area contributed by atoms with Crippen molar-refractivity contribution >= 4 is 11.6 Å². The molecule has 0 unspecified atom stereocenters. The molecule has 0 aliphatic heterocycles. The number of hydrogen-bond donors (Lipinski definition) is 0. The van der Waals surface area contributed by atoms with Crippen molar-refractivity contribution in [1.29, 1.82) is 0 Å². The van der Waals surface area contributed by atoms with Crippen LogP contribution in [-0.4, -0.2) is 20.1 Å². The summed E-state index contributed by atoms with van der Waals surface area (Å²) < 4.78 is 5.10. The minimum atomic E-state index is -0.0230. The molecule has 0 aliphatic carbocycles. The number of methoxy groups -OCH3 is 1. The Morgan fingerprint density at radius 2 is 1.58 bits per heavy atom. The number of aryl methyl sites for hydroxylation is 1. The van der Waals surface area contributed by atoms with Gasteiger partial charge in [0.25, 0.3) is 5.91 Å². The van der Waals surface area contributed by atoms with Gasteiger partial charge in [-0.3, -0.25) is 4.79 Å². The van der Waals surface area contributed by atoms with E-state index in [1.54, 1.807) is 19.1 Å². The van der Waals surface area contributed by atoms with Crippen LogP contribution in [0.5, 0.6) is 5.75 Å². The van der Waals surface area contributed by atoms with Crippen LogP contribution in [0.4, 0.5) is 5.69 Å². The second-order valence-electron chi connectivity index (χ2n) is 4.43. The molecular formula is C16H17NO2. The van der Waals surface area contributed by atoms with Crippen LogP contribution in [0.3, 0.4) is 0 Å². The average Bonchev–Trinajstić information content (AvgIpc) is 2.46. The van der Waals surface area contributed by atoms with E-state index in [9.17, 15) is 4.79 Å². The molecule has 0 aromatic heterocycles. The second-order valence-corrected chi connectivity index (χ2v) is 4.43. The topological polar surface area (TPSA) is 29.5 Å². The van der Waals surface area contributed by atoms with E-state index in [0.717, 1.165) is 17.0 Å². The summed E-state index contributed by atoms with van der Waals surface area (Å²) >= 11 is 0. The highest BCUT2D eigenvalue weighted by molar-refractivity contribution is 6.05. The van der Waals surface area contributed by atoms with E-state index in [1.807, 2.05) is 55.5 Å². The highest BCUT2D eigenvalue weighted by atomic mass is 16.5. The third-order valence-electron chi connectivity index (χ3n) is 3.06. The Morgan fingerprint density at radius 3 is 2.11 bits per heavy atom. The first kappa shape index (κ1) is 13.1. The summed E-state index contributed by atoms with van der Waals surface area (Å²) in [6, 6.07) is 15.0. The van der Waals surface area contributed by atoms with Gasteiger partial charge >= 0.3 is 0 Å². The van der Waals surface area contributed by atoms with E-state index in [2.05, 4.69) is 0 Å². The van der Waals surface area contributed by atoms with Crippen molar-refractivity contribution in [3.05, 3.63) is 59.7 Å². The molecule has 0 saturated carbocycles. The van der Waals surface area contributed by atoms with Gasteiger partial charge in [0.15, 0.2) is 0 Å². The van der Waals surface area contributed by atoms with E-state index in [0.29, 0.717) is 5.56 Å². The fraction of sp³-hybridized carbons (Fsp3) is 0.188. The van der Waals surface area contributed by atoms with Crippen LogP contribution in [-0.2, 0) is 0 Å². The lowest BCUT2D eigenvalue weighted by Gasteiger charge is -2.17. The van der Waals surface area contributed by atoms with Crippen molar-refractivity contribution in [3.63, 3.8) is 0 Å². The summed E-state index contributed by atoms with van der Waals surface area (Å²) in [5, 5.41) is 0. The average molecular weight is 255 g/mol. The molecule has 0 bridgehead atoms. The van der Waals surface area contributed by atoms with Gasteiger partial charge in [0, 0.05) is 18.3 Å². The molecule has 0 fully saturated rings. The van der Waals surface area contributed by atoms with Crippen molar-refractivity contribution in [2.45, 2.75) is 6.92 Å². The van der Waals surface area contributed by atoms with Crippen molar-refractivity contribution in [3.8, 4) is 5.75 Å². The first-order chi connectivity index (χ1) is 9.11. The zero-order chi connectivity index (χ0) is 13.8. The van der Waals surface area contributed by atoms with Crippen LogP contribution in [0.1, 0.15) is 15.9 Å². The van der Waals surface area contributed by atoms with E-state index < -0.39 is 0 Å². The first-order valence-electron chi connectivity index (χ1n) is 6.10. The third-order valence-corrected chi connectivity index (χ3v) is 3.06. The Balaban J connectivity index is 2.20. The van der Waals surface area contributed by atoms with Crippen molar-refractivity contribution < 1.29 is 9.53 Å². The molecule has 2 aromatic rings. The molecule has 2 rings (SSSR count). The largest absolute Gasteiger partial charge is 0.497 e. The van der Waals surface area contributed by atoms with Gasteiger partial charge in [0.2, 0.25) is 0 Å². The lowest BCUT2D eigenvalue weighted by Crippen LogP contribution is -2.26. The van der Waals surface area contributed by atoms with Gasteiger partial charge in [-0.1, -0.05) is 17.7 Å². The number of ether oxygens (including phenoxy) is 1. The molecule has 0 radical (unpaired) electrons. The smallest absolute Gasteiger partial charge is 0.258 e. The van der Waals surface area contributed by atoms with E-state index in [4.69, 9.17) is 4.74 Å². The Bertz CT molecular complexity index is 558. The predicted octanol–water partition coefficient (Wildman–Crippen LogP) is 3.28. The maximum Gasteiger partial charge on any atom is 0.258 e. The highest BCUT2D eigenvalue weighted by Crippen LogP contribution is 2.19. The molecule has 0 spiro atoms. The van der Waals surface area contributed by atoms with Gasteiger partial charge in [0.05, 0.1) is 7.11 Å². The van der Waals surface area contributed by atoms with Gasteiger partial charge in [-0.25, -0.2) is 0 Å². The zero-order valence-corrected chi connectivity index (χ0v) is 11.4. The minimum absolute atomic E-state index is 0.0230. The van der Waals surface area contributed by atoms with Crippen LogP contribution in [0.15, 0.2) is 48.5 Å². The summed E-state index contributed by atoms with van der Waals surface area (Å²) in [5.41, 5.74) is 2.67. The van der Waals surface area contributed by atoms with Crippen LogP contribution in [0, 0.1) is 6.92 Å². The lowest BCUT2D eigenvalue weighted by molar-refractivity contribution is 0.0993. The molecule has 3 nitrogen and oxygen atoms in total. The number of carbonyl (C=O) groups is 1. The van der Waals surface area contributed by atoms with Gasteiger partial charge in [0.1, 0.15) is 5.75 Å². The summed E-state index contributed by atoms with van der Waals surface area (Å²) in [4.78, 5) is 13.9. The normalized spacial score (nSPS) is 10.1.